The molecule has 48 heavy (non-hydrogen) atoms. The standard InChI is InChI=1S/C43H32N4O/c1-2-3-12-28-21-23-30(24-22-28)42-44-41(29-13-5-4-6-14-29)45-43(46-42)31-15-11-16-32(25-31)47-37-19-9-7-17-33(37)35-26-36-34-18-8-10-20-39(34)48-40(36)27-38(35)47/h4-11,13-27H,2-3,12H2,1H3. The van der Waals surface area contributed by atoms with Crippen LogP contribution in [0.5, 0.6) is 0 Å². The van der Waals surface area contributed by atoms with E-state index in [1.54, 1.807) is 0 Å². The second-order valence-corrected chi connectivity index (χ2v) is 12.3. The fourth-order valence-electron chi connectivity index (χ4n) is 6.80. The fourth-order valence-corrected chi connectivity index (χ4v) is 6.80. The van der Waals surface area contributed by atoms with E-state index >= 15 is 0 Å². The lowest BCUT2D eigenvalue weighted by Gasteiger charge is -2.12. The molecule has 6 aromatic carbocycles. The summed E-state index contributed by atoms with van der Waals surface area (Å²) in [5.74, 6) is 1.95. The van der Waals surface area contributed by atoms with Crippen molar-refractivity contribution in [2.24, 2.45) is 0 Å². The van der Waals surface area contributed by atoms with Crippen molar-refractivity contribution in [2.45, 2.75) is 26.2 Å². The molecule has 0 amide bonds. The van der Waals surface area contributed by atoms with Gasteiger partial charge in [-0.15, -0.1) is 0 Å². The zero-order chi connectivity index (χ0) is 32.0. The highest BCUT2D eigenvalue weighted by molar-refractivity contribution is 6.17. The van der Waals surface area contributed by atoms with Gasteiger partial charge in [0, 0.05) is 50.0 Å². The summed E-state index contributed by atoms with van der Waals surface area (Å²) in [7, 11) is 0. The number of benzene rings is 6. The second kappa shape index (κ2) is 11.6. The minimum atomic E-state index is 0.635. The van der Waals surface area contributed by atoms with Crippen molar-refractivity contribution >= 4 is 43.7 Å². The van der Waals surface area contributed by atoms with Crippen molar-refractivity contribution in [3.8, 4) is 39.9 Å². The molecule has 5 nitrogen and oxygen atoms in total. The summed E-state index contributed by atoms with van der Waals surface area (Å²) < 4.78 is 8.65. The Bertz CT molecular complexity index is 2600. The number of para-hydroxylation sites is 2. The van der Waals surface area contributed by atoms with Gasteiger partial charge in [0.1, 0.15) is 11.2 Å². The maximum Gasteiger partial charge on any atom is 0.164 e. The normalized spacial score (nSPS) is 11.7. The van der Waals surface area contributed by atoms with Crippen LogP contribution in [0.25, 0.3) is 83.6 Å². The molecule has 5 heteroatoms. The number of aryl methyl sites for hydroxylation is 1. The van der Waals surface area contributed by atoms with Gasteiger partial charge in [0.2, 0.25) is 0 Å². The second-order valence-electron chi connectivity index (χ2n) is 12.3. The molecule has 0 saturated carbocycles. The van der Waals surface area contributed by atoms with Crippen molar-refractivity contribution in [1.29, 1.82) is 0 Å². The van der Waals surface area contributed by atoms with Gasteiger partial charge in [0.25, 0.3) is 0 Å². The number of hydrogen-bond donors (Lipinski definition) is 0. The van der Waals surface area contributed by atoms with Crippen LogP contribution in [0.1, 0.15) is 25.3 Å². The molecule has 0 atom stereocenters. The molecule has 0 saturated heterocycles. The average molecular weight is 621 g/mol. The molecule has 0 bridgehead atoms. The number of rotatable bonds is 7. The summed E-state index contributed by atoms with van der Waals surface area (Å²) in [4.78, 5) is 15.0. The zero-order valence-corrected chi connectivity index (χ0v) is 26.6. The van der Waals surface area contributed by atoms with Crippen molar-refractivity contribution in [3.63, 3.8) is 0 Å². The predicted molar refractivity (Wildman–Crippen MR) is 196 cm³/mol. The Balaban J connectivity index is 1.21. The molecule has 0 unspecified atom stereocenters. The summed E-state index contributed by atoms with van der Waals surface area (Å²) in [5, 5.41) is 4.63. The van der Waals surface area contributed by atoms with Crippen LogP contribution in [-0.4, -0.2) is 19.5 Å². The predicted octanol–water partition coefficient (Wildman–Crippen LogP) is 11.2. The van der Waals surface area contributed by atoms with Crippen LogP contribution < -0.4 is 0 Å². The Morgan fingerprint density at radius 2 is 1.17 bits per heavy atom. The lowest BCUT2D eigenvalue weighted by Crippen LogP contribution is -2.01. The number of nitrogens with zero attached hydrogens (tertiary/aromatic N) is 4. The minimum absolute atomic E-state index is 0.635. The first-order valence-corrected chi connectivity index (χ1v) is 16.6. The first-order chi connectivity index (χ1) is 23.7. The van der Waals surface area contributed by atoms with Gasteiger partial charge in [-0.05, 0) is 48.7 Å². The molecule has 0 aliphatic heterocycles. The van der Waals surface area contributed by atoms with E-state index < -0.39 is 0 Å². The molecule has 9 aromatic rings. The zero-order valence-electron chi connectivity index (χ0n) is 26.6. The first kappa shape index (κ1) is 28.2. The van der Waals surface area contributed by atoms with Crippen LogP contribution in [0.3, 0.4) is 0 Å². The molecule has 9 rings (SSSR count). The van der Waals surface area contributed by atoms with E-state index in [4.69, 9.17) is 19.4 Å². The van der Waals surface area contributed by atoms with Gasteiger partial charge in [-0.2, -0.15) is 0 Å². The van der Waals surface area contributed by atoms with E-state index in [1.807, 2.05) is 42.5 Å². The summed E-state index contributed by atoms with van der Waals surface area (Å²) in [6.45, 7) is 2.22. The van der Waals surface area contributed by atoms with Gasteiger partial charge >= 0.3 is 0 Å². The highest BCUT2D eigenvalue weighted by Crippen LogP contribution is 2.38. The number of fused-ring (bicyclic) bond motifs is 6. The molecule has 0 aliphatic carbocycles. The van der Waals surface area contributed by atoms with Gasteiger partial charge in [0.05, 0.1) is 11.0 Å². The molecule has 3 heterocycles. The molecule has 230 valence electrons. The topological polar surface area (TPSA) is 56.7 Å². The molecule has 0 spiro atoms. The largest absolute Gasteiger partial charge is 0.456 e. The molecule has 0 aliphatic rings. The molecule has 0 fully saturated rings. The van der Waals surface area contributed by atoms with E-state index in [0.29, 0.717) is 17.5 Å². The van der Waals surface area contributed by atoms with E-state index in [9.17, 15) is 0 Å². The molecular formula is C43H32N4O. The Labute approximate surface area is 278 Å². The van der Waals surface area contributed by atoms with Gasteiger partial charge in [-0.25, -0.2) is 15.0 Å². The van der Waals surface area contributed by atoms with Crippen molar-refractivity contribution in [1.82, 2.24) is 19.5 Å². The Hall–Kier alpha value is -6.07. The first-order valence-electron chi connectivity index (χ1n) is 16.6. The third kappa shape index (κ3) is 4.83. The number of furan rings is 1. The summed E-state index contributed by atoms with van der Waals surface area (Å²) in [6.07, 6.45) is 3.43. The molecular weight excluding hydrogens is 589 g/mol. The Kier molecular flexibility index (Phi) is 6.82. The third-order valence-electron chi connectivity index (χ3n) is 9.23. The van der Waals surface area contributed by atoms with E-state index in [0.717, 1.165) is 61.8 Å². The molecule has 0 N–H and O–H groups in total. The van der Waals surface area contributed by atoms with Crippen LogP contribution >= 0.6 is 0 Å². The highest BCUT2D eigenvalue weighted by Gasteiger charge is 2.18. The monoisotopic (exact) mass is 620 g/mol. The number of aromatic nitrogens is 4. The van der Waals surface area contributed by atoms with Crippen LogP contribution in [0.2, 0.25) is 0 Å². The van der Waals surface area contributed by atoms with Gasteiger partial charge in [0.15, 0.2) is 17.5 Å². The lowest BCUT2D eigenvalue weighted by atomic mass is 10.1. The van der Waals surface area contributed by atoms with Gasteiger partial charge in [-0.3, -0.25) is 0 Å². The van der Waals surface area contributed by atoms with Crippen LogP contribution in [0.15, 0.2) is 144 Å². The number of hydrogen-bond acceptors (Lipinski definition) is 4. The number of unbranched alkanes of at least 4 members (excludes halogenated alkanes) is 1. The van der Waals surface area contributed by atoms with E-state index in [1.165, 1.54) is 29.2 Å². The molecule has 0 radical (unpaired) electrons. The van der Waals surface area contributed by atoms with Gasteiger partial charge in [-0.1, -0.05) is 116 Å². The lowest BCUT2D eigenvalue weighted by molar-refractivity contribution is 0.669. The fraction of sp³-hybridized carbons (Fsp3) is 0.0930. The smallest absolute Gasteiger partial charge is 0.164 e. The molecule has 3 aromatic heterocycles. The maximum absolute atomic E-state index is 6.34. The van der Waals surface area contributed by atoms with Crippen molar-refractivity contribution in [3.05, 3.63) is 145 Å². The van der Waals surface area contributed by atoms with E-state index in [2.05, 4.69) is 109 Å². The minimum Gasteiger partial charge on any atom is -0.456 e. The third-order valence-corrected chi connectivity index (χ3v) is 9.23. The van der Waals surface area contributed by atoms with Gasteiger partial charge < -0.3 is 8.98 Å². The average Bonchev–Trinajstić information content (AvgIpc) is 3.68. The summed E-state index contributed by atoms with van der Waals surface area (Å²) in [5.41, 5.74) is 9.20. The quantitative estimate of drug-likeness (QED) is 0.178. The maximum atomic E-state index is 6.34. The van der Waals surface area contributed by atoms with Crippen LogP contribution in [0, 0.1) is 0 Å². The highest BCUT2D eigenvalue weighted by atomic mass is 16.3. The van der Waals surface area contributed by atoms with E-state index in [-0.39, 0.29) is 0 Å². The summed E-state index contributed by atoms with van der Waals surface area (Å²) >= 11 is 0. The van der Waals surface area contributed by atoms with Crippen molar-refractivity contribution < 1.29 is 4.42 Å². The van der Waals surface area contributed by atoms with Crippen LogP contribution in [0.4, 0.5) is 0 Å². The van der Waals surface area contributed by atoms with Crippen LogP contribution in [-0.2, 0) is 6.42 Å². The van der Waals surface area contributed by atoms with Crippen molar-refractivity contribution in [2.75, 3.05) is 0 Å². The SMILES string of the molecule is CCCCc1ccc(-c2nc(-c3ccccc3)nc(-c3cccc(-n4c5ccccc5c5cc6c(cc54)oc4ccccc46)c3)n2)cc1. The Morgan fingerprint density at radius 3 is 1.96 bits per heavy atom. The Morgan fingerprint density at radius 1 is 0.500 bits per heavy atom. The summed E-state index contributed by atoms with van der Waals surface area (Å²) in [6, 6.07) is 48.5.